The number of ether oxygens (including phenoxy) is 1. The van der Waals surface area contributed by atoms with E-state index in [-0.39, 0.29) is 24.4 Å². The summed E-state index contributed by atoms with van der Waals surface area (Å²) in [5.74, 6) is -2.52. The third-order valence-corrected chi connectivity index (χ3v) is 7.35. The van der Waals surface area contributed by atoms with Gasteiger partial charge in [0.25, 0.3) is 0 Å². The van der Waals surface area contributed by atoms with Crippen LogP contribution in [0.5, 0.6) is 0 Å². The standard InChI is InChI=1S/C33H31NO5/c1-33(2,3)39-32(38)34-26-17-11-10-16-23(26)28-24(18-19-35)29(31(37)22-14-8-5-9-15-22)25(20-27(28)34)30(36)21-12-6-4-7-13-21/h4-17,19,24-25,29H,18,20H2,1-3H3/t24-,25+,29+/m1/s1. The van der Waals surface area contributed by atoms with Gasteiger partial charge in [-0.15, -0.1) is 0 Å². The number of ketones is 2. The maximum atomic E-state index is 14.1. The molecular weight excluding hydrogens is 490 g/mol. The summed E-state index contributed by atoms with van der Waals surface area (Å²) >= 11 is 0. The van der Waals surface area contributed by atoms with Crippen molar-refractivity contribution in [2.45, 2.75) is 45.1 Å². The summed E-state index contributed by atoms with van der Waals surface area (Å²) in [4.78, 5) is 53.9. The van der Waals surface area contributed by atoms with Crippen molar-refractivity contribution in [1.29, 1.82) is 0 Å². The molecule has 6 nitrogen and oxygen atoms in total. The Morgan fingerprint density at radius 2 is 1.41 bits per heavy atom. The van der Waals surface area contributed by atoms with Crippen molar-refractivity contribution in [3.8, 4) is 0 Å². The van der Waals surface area contributed by atoms with Crippen molar-refractivity contribution in [2.75, 3.05) is 0 Å². The third kappa shape index (κ3) is 4.94. The molecule has 0 aliphatic heterocycles. The number of benzene rings is 3. The average Bonchev–Trinajstić information content (AvgIpc) is 3.26. The van der Waals surface area contributed by atoms with Gasteiger partial charge >= 0.3 is 6.09 Å². The third-order valence-electron chi connectivity index (χ3n) is 7.35. The van der Waals surface area contributed by atoms with Crippen LogP contribution in [0, 0.1) is 11.8 Å². The predicted octanol–water partition coefficient (Wildman–Crippen LogP) is 6.65. The number of hydrogen-bond acceptors (Lipinski definition) is 5. The minimum absolute atomic E-state index is 0.0388. The van der Waals surface area contributed by atoms with Crippen LogP contribution in [0.2, 0.25) is 0 Å². The second-order valence-corrected chi connectivity index (χ2v) is 11.0. The molecule has 1 aliphatic carbocycles. The Bertz CT molecular complexity index is 1550. The van der Waals surface area contributed by atoms with Crippen LogP contribution in [-0.2, 0) is 16.0 Å². The van der Waals surface area contributed by atoms with Gasteiger partial charge in [-0.05, 0) is 38.8 Å². The molecule has 0 amide bonds. The minimum Gasteiger partial charge on any atom is -0.443 e. The highest BCUT2D eigenvalue weighted by atomic mass is 16.6. The molecule has 1 heterocycles. The van der Waals surface area contributed by atoms with Gasteiger partial charge in [0.05, 0.1) is 5.52 Å². The lowest BCUT2D eigenvalue weighted by molar-refractivity contribution is -0.108. The van der Waals surface area contributed by atoms with E-state index in [0.29, 0.717) is 22.3 Å². The van der Waals surface area contributed by atoms with Gasteiger partial charge in [-0.2, -0.15) is 0 Å². The molecule has 39 heavy (non-hydrogen) atoms. The Morgan fingerprint density at radius 1 is 0.846 bits per heavy atom. The number of hydrogen-bond donors (Lipinski definition) is 0. The lowest BCUT2D eigenvalue weighted by atomic mass is 9.64. The first-order chi connectivity index (χ1) is 18.7. The van der Waals surface area contributed by atoms with Crippen LogP contribution in [0.3, 0.4) is 0 Å². The van der Waals surface area contributed by atoms with Gasteiger partial charge in [-0.3, -0.25) is 9.59 Å². The fraction of sp³-hybridized carbons (Fsp3) is 0.273. The zero-order valence-electron chi connectivity index (χ0n) is 22.3. The highest BCUT2D eigenvalue weighted by Crippen LogP contribution is 2.48. The molecule has 3 atom stereocenters. The first kappa shape index (κ1) is 26.3. The summed E-state index contributed by atoms with van der Waals surface area (Å²) in [7, 11) is 0. The molecule has 5 rings (SSSR count). The number of carbonyl (C=O) groups is 4. The molecule has 0 spiro atoms. The molecule has 0 radical (unpaired) electrons. The Kier molecular flexibility index (Phi) is 7.04. The molecule has 0 fully saturated rings. The fourth-order valence-corrected chi connectivity index (χ4v) is 5.84. The second-order valence-electron chi connectivity index (χ2n) is 11.0. The van der Waals surface area contributed by atoms with Gasteiger partial charge < -0.3 is 9.53 Å². The summed E-state index contributed by atoms with van der Waals surface area (Å²) in [5.41, 5.74) is 2.24. The van der Waals surface area contributed by atoms with Crippen LogP contribution in [0.15, 0.2) is 84.9 Å². The van der Waals surface area contributed by atoms with Crippen molar-refractivity contribution in [3.63, 3.8) is 0 Å². The predicted molar refractivity (Wildman–Crippen MR) is 149 cm³/mol. The van der Waals surface area contributed by atoms with E-state index in [4.69, 9.17) is 4.74 Å². The van der Waals surface area contributed by atoms with Gasteiger partial charge in [-0.1, -0.05) is 78.9 Å². The Hall–Kier alpha value is -4.32. The molecule has 0 saturated heterocycles. The van der Waals surface area contributed by atoms with Crippen molar-refractivity contribution < 1.29 is 23.9 Å². The van der Waals surface area contributed by atoms with E-state index in [1.807, 2.05) is 36.4 Å². The summed E-state index contributed by atoms with van der Waals surface area (Å²) in [5, 5.41) is 0.779. The summed E-state index contributed by atoms with van der Waals surface area (Å²) < 4.78 is 7.31. The fourth-order valence-electron chi connectivity index (χ4n) is 5.84. The number of para-hydroxylation sites is 1. The number of nitrogens with zero attached hydrogens (tertiary/aromatic N) is 1. The molecule has 1 aliphatic rings. The highest BCUT2D eigenvalue weighted by Gasteiger charge is 2.47. The largest absolute Gasteiger partial charge is 0.443 e. The van der Waals surface area contributed by atoms with E-state index in [1.165, 1.54) is 4.57 Å². The van der Waals surface area contributed by atoms with Crippen LogP contribution in [0.4, 0.5) is 4.79 Å². The van der Waals surface area contributed by atoms with E-state index < -0.39 is 29.4 Å². The Labute approximate surface area is 227 Å². The summed E-state index contributed by atoms with van der Waals surface area (Å²) in [6.07, 6.45) is 0.449. The van der Waals surface area contributed by atoms with Crippen LogP contribution >= 0.6 is 0 Å². The molecule has 0 N–H and O–H groups in total. The number of Topliss-reactive ketones (excluding diaryl/α,β-unsaturated/α-hetero) is 2. The van der Waals surface area contributed by atoms with Crippen molar-refractivity contribution in [1.82, 2.24) is 4.57 Å². The van der Waals surface area contributed by atoms with Crippen molar-refractivity contribution in [2.24, 2.45) is 11.8 Å². The summed E-state index contributed by atoms with van der Waals surface area (Å²) in [6, 6.07) is 25.2. The molecule has 0 saturated carbocycles. The number of carbonyl (C=O) groups excluding carboxylic acids is 4. The van der Waals surface area contributed by atoms with Crippen LogP contribution in [0.25, 0.3) is 10.9 Å². The van der Waals surface area contributed by atoms with E-state index in [9.17, 15) is 19.2 Å². The number of fused-ring (bicyclic) bond motifs is 3. The van der Waals surface area contributed by atoms with Crippen LogP contribution in [0.1, 0.15) is 65.1 Å². The highest BCUT2D eigenvalue weighted by molar-refractivity contribution is 6.07. The average molecular weight is 522 g/mol. The number of rotatable bonds is 6. The van der Waals surface area contributed by atoms with E-state index >= 15 is 0 Å². The second kappa shape index (κ2) is 10.4. The van der Waals surface area contributed by atoms with Crippen molar-refractivity contribution >= 4 is 34.8 Å². The van der Waals surface area contributed by atoms with Gasteiger partial charge in [0, 0.05) is 46.4 Å². The Balaban J connectivity index is 1.76. The van der Waals surface area contributed by atoms with E-state index in [1.54, 1.807) is 69.3 Å². The van der Waals surface area contributed by atoms with Crippen LogP contribution < -0.4 is 0 Å². The van der Waals surface area contributed by atoms with E-state index in [2.05, 4.69) is 0 Å². The van der Waals surface area contributed by atoms with Gasteiger partial charge in [0.1, 0.15) is 11.9 Å². The first-order valence-corrected chi connectivity index (χ1v) is 13.2. The normalized spacial score (nSPS) is 18.8. The van der Waals surface area contributed by atoms with Crippen LogP contribution in [-0.4, -0.2) is 34.1 Å². The molecule has 0 unspecified atom stereocenters. The molecule has 198 valence electrons. The lowest BCUT2D eigenvalue weighted by Crippen LogP contribution is -2.41. The van der Waals surface area contributed by atoms with Gasteiger partial charge in [0.15, 0.2) is 11.6 Å². The van der Waals surface area contributed by atoms with Crippen molar-refractivity contribution in [3.05, 3.63) is 107 Å². The first-order valence-electron chi connectivity index (χ1n) is 13.2. The molecule has 3 aromatic carbocycles. The SMILES string of the molecule is CC(C)(C)OC(=O)n1c2c(c3ccccc31)[C@@H](CC=O)[C@H](C(=O)c1ccccc1)[C@@H](C(=O)c1ccccc1)C2. The number of aldehydes is 1. The zero-order chi connectivity index (χ0) is 27.7. The molecule has 6 heteroatoms. The van der Waals surface area contributed by atoms with E-state index in [0.717, 1.165) is 17.2 Å². The lowest BCUT2D eigenvalue weighted by Gasteiger charge is -2.37. The molecular formula is C33H31NO5. The topological polar surface area (TPSA) is 82.4 Å². The maximum absolute atomic E-state index is 14.1. The molecule has 4 aromatic rings. The summed E-state index contributed by atoms with van der Waals surface area (Å²) in [6.45, 7) is 5.40. The quantitative estimate of drug-likeness (QED) is 0.210. The zero-order valence-corrected chi connectivity index (χ0v) is 22.3. The smallest absolute Gasteiger partial charge is 0.419 e. The maximum Gasteiger partial charge on any atom is 0.419 e. The molecule has 1 aromatic heterocycles. The van der Waals surface area contributed by atoms with Gasteiger partial charge in [-0.25, -0.2) is 9.36 Å². The molecule has 0 bridgehead atoms. The number of aromatic nitrogens is 1. The Morgan fingerprint density at radius 3 is 2.00 bits per heavy atom. The monoisotopic (exact) mass is 521 g/mol. The minimum atomic E-state index is -0.782. The van der Waals surface area contributed by atoms with Gasteiger partial charge in [0.2, 0.25) is 0 Å².